The van der Waals surface area contributed by atoms with Gasteiger partial charge >= 0.3 is 6.18 Å². The van der Waals surface area contributed by atoms with E-state index in [-0.39, 0.29) is 0 Å². The van der Waals surface area contributed by atoms with Crippen molar-refractivity contribution in [1.29, 1.82) is 0 Å². The minimum absolute atomic E-state index is 0.394. The number of hydrogen-bond acceptors (Lipinski definition) is 4. The molecule has 0 bridgehead atoms. The quantitative estimate of drug-likeness (QED) is 0.622. The molecule has 3 aromatic rings. The van der Waals surface area contributed by atoms with Crippen LogP contribution in [0.1, 0.15) is 18.4 Å². The molecule has 0 radical (unpaired) electrons. The van der Waals surface area contributed by atoms with Crippen LogP contribution in [-0.2, 0) is 6.18 Å². The van der Waals surface area contributed by atoms with Crippen LogP contribution in [0.4, 0.5) is 19.0 Å². The number of benzene rings is 1. The molecule has 1 aromatic carbocycles. The number of nitrogens with one attached hydrogen (secondary N) is 1. The number of anilines is 1. The highest BCUT2D eigenvalue weighted by atomic mass is 32.2. The Morgan fingerprint density at radius 3 is 2.81 bits per heavy atom. The molecule has 0 unspecified atom stereocenters. The van der Waals surface area contributed by atoms with Gasteiger partial charge in [-0.05, 0) is 43.0 Å². The Kier molecular flexibility index (Phi) is 4.75. The summed E-state index contributed by atoms with van der Waals surface area (Å²) in [6.45, 7) is 0. The highest BCUT2D eigenvalue weighted by Crippen LogP contribution is 2.39. The molecule has 1 fully saturated rings. The molecule has 0 saturated heterocycles. The molecule has 8 heteroatoms. The van der Waals surface area contributed by atoms with Gasteiger partial charge in [-0.15, -0.1) is 11.8 Å². The van der Waals surface area contributed by atoms with Crippen LogP contribution in [0, 0.1) is 5.92 Å². The summed E-state index contributed by atoms with van der Waals surface area (Å²) in [5, 5.41) is 1.00. The molecule has 1 aliphatic carbocycles. The standard InChI is InChI=1S/C19H19F3N4S/c1-26(18-16-5-6-23-17(16)24-11-25-18)14-7-12(8-14)10-27-15-4-2-3-13(9-15)19(20,21)22/h2-6,9,11-12,14H,7-8,10H2,1H3,(H,23,24,25)/t12-,14+. The molecule has 2 aromatic heterocycles. The Morgan fingerprint density at radius 1 is 1.22 bits per heavy atom. The van der Waals surface area contributed by atoms with Crippen molar-refractivity contribution in [2.24, 2.45) is 5.92 Å². The lowest BCUT2D eigenvalue weighted by Gasteiger charge is -2.41. The van der Waals surface area contributed by atoms with Crippen LogP contribution in [0.5, 0.6) is 0 Å². The Hall–Kier alpha value is -2.22. The fourth-order valence-corrected chi connectivity index (χ4v) is 4.53. The number of alkyl halides is 3. The molecule has 0 spiro atoms. The van der Waals surface area contributed by atoms with E-state index in [0.29, 0.717) is 16.9 Å². The van der Waals surface area contributed by atoms with E-state index in [4.69, 9.17) is 0 Å². The van der Waals surface area contributed by atoms with Crippen LogP contribution in [-0.4, -0.2) is 33.8 Å². The van der Waals surface area contributed by atoms with Crippen LogP contribution >= 0.6 is 11.8 Å². The monoisotopic (exact) mass is 392 g/mol. The number of thioether (sulfide) groups is 1. The van der Waals surface area contributed by atoms with E-state index >= 15 is 0 Å². The maximum Gasteiger partial charge on any atom is 0.416 e. The average molecular weight is 392 g/mol. The first kappa shape index (κ1) is 18.2. The molecule has 4 rings (SSSR count). The molecular weight excluding hydrogens is 373 g/mol. The Balaban J connectivity index is 1.33. The molecule has 0 atom stereocenters. The molecule has 0 amide bonds. The van der Waals surface area contributed by atoms with E-state index < -0.39 is 11.7 Å². The fourth-order valence-electron chi connectivity index (χ4n) is 3.44. The Bertz CT molecular complexity index is 934. The zero-order chi connectivity index (χ0) is 19.0. The lowest BCUT2D eigenvalue weighted by Crippen LogP contribution is -2.43. The SMILES string of the molecule is CN(c1ncnc2[nH]ccc12)[C@H]1C[C@@H](CSc2cccc(C(F)(F)F)c2)C1. The van der Waals surface area contributed by atoms with Crippen molar-refractivity contribution in [2.75, 3.05) is 17.7 Å². The van der Waals surface area contributed by atoms with Gasteiger partial charge in [0.1, 0.15) is 17.8 Å². The summed E-state index contributed by atoms with van der Waals surface area (Å²) in [5.74, 6) is 2.24. The highest BCUT2D eigenvalue weighted by Gasteiger charge is 2.34. The minimum Gasteiger partial charge on any atom is -0.356 e. The second kappa shape index (κ2) is 7.07. The summed E-state index contributed by atoms with van der Waals surface area (Å²) in [6.07, 6.45) is 1.15. The smallest absolute Gasteiger partial charge is 0.356 e. The van der Waals surface area contributed by atoms with Gasteiger partial charge in [-0.1, -0.05) is 6.07 Å². The number of rotatable bonds is 5. The van der Waals surface area contributed by atoms with Crippen molar-refractivity contribution in [3.63, 3.8) is 0 Å². The second-order valence-corrected chi connectivity index (χ2v) is 7.97. The summed E-state index contributed by atoms with van der Waals surface area (Å²) in [6, 6.07) is 7.93. The predicted octanol–water partition coefficient (Wildman–Crippen LogP) is 4.98. The lowest BCUT2D eigenvalue weighted by atomic mass is 9.81. The van der Waals surface area contributed by atoms with Crippen LogP contribution in [0.2, 0.25) is 0 Å². The number of halogens is 3. The molecule has 27 heavy (non-hydrogen) atoms. The first-order valence-corrected chi connectivity index (χ1v) is 9.71. The van der Waals surface area contributed by atoms with E-state index in [1.54, 1.807) is 12.4 Å². The van der Waals surface area contributed by atoms with Gasteiger partial charge < -0.3 is 9.88 Å². The van der Waals surface area contributed by atoms with Crippen molar-refractivity contribution in [2.45, 2.75) is 30.0 Å². The normalized spacial score (nSPS) is 19.9. The third-order valence-corrected chi connectivity index (χ3v) is 6.30. The van der Waals surface area contributed by atoms with Gasteiger partial charge in [0.2, 0.25) is 0 Å². The number of aromatic amines is 1. The van der Waals surface area contributed by atoms with Gasteiger partial charge in [0, 0.05) is 29.9 Å². The molecule has 1 aliphatic rings. The maximum absolute atomic E-state index is 12.8. The van der Waals surface area contributed by atoms with E-state index in [1.165, 1.54) is 23.9 Å². The van der Waals surface area contributed by atoms with Gasteiger partial charge in [-0.2, -0.15) is 13.2 Å². The van der Waals surface area contributed by atoms with Crippen molar-refractivity contribution in [3.8, 4) is 0 Å². The molecule has 0 aliphatic heterocycles. The molecule has 2 heterocycles. The zero-order valence-corrected chi connectivity index (χ0v) is 15.5. The van der Waals surface area contributed by atoms with E-state index in [2.05, 4.69) is 19.9 Å². The maximum atomic E-state index is 12.8. The molecule has 142 valence electrons. The van der Waals surface area contributed by atoms with Crippen LogP contribution in [0.25, 0.3) is 11.0 Å². The van der Waals surface area contributed by atoms with E-state index in [9.17, 15) is 13.2 Å². The lowest BCUT2D eigenvalue weighted by molar-refractivity contribution is -0.137. The van der Waals surface area contributed by atoms with Crippen molar-refractivity contribution >= 4 is 28.6 Å². The van der Waals surface area contributed by atoms with E-state index in [1.807, 2.05) is 19.3 Å². The summed E-state index contributed by atoms with van der Waals surface area (Å²) in [5.41, 5.74) is 0.237. The topological polar surface area (TPSA) is 44.8 Å². The number of H-pyrrole nitrogens is 1. The van der Waals surface area contributed by atoms with Crippen molar-refractivity contribution in [1.82, 2.24) is 15.0 Å². The largest absolute Gasteiger partial charge is 0.416 e. The third kappa shape index (κ3) is 3.76. The molecule has 1 saturated carbocycles. The van der Waals surface area contributed by atoms with E-state index in [0.717, 1.165) is 41.5 Å². The van der Waals surface area contributed by atoms with Gasteiger partial charge in [-0.3, -0.25) is 0 Å². The Morgan fingerprint density at radius 2 is 2.04 bits per heavy atom. The molecular formula is C19H19F3N4S. The number of nitrogens with zero attached hydrogens (tertiary/aromatic N) is 3. The third-order valence-electron chi connectivity index (χ3n) is 5.07. The summed E-state index contributed by atoms with van der Waals surface area (Å²) in [4.78, 5) is 14.6. The summed E-state index contributed by atoms with van der Waals surface area (Å²) < 4.78 is 38.4. The fraction of sp³-hybridized carbons (Fsp3) is 0.368. The summed E-state index contributed by atoms with van der Waals surface area (Å²) >= 11 is 1.50. The van der Waals surface area contributed by atoms with Gasteiger partial charge in [-0.25, -0.2) is 9.97 Å². The van der Waals surface area contributed by atoms with Crippen molar-refractivity contribution in [3.05, 3.63) is 48.4 Å². The number of hydrogen-bond donors (Lipinski definition) is 1. The first-order chi connectivity index (χ1) is 12.9. The molecule has 4 nitrogen and oxygen atoms in total. The average Bonchev–Trinajstić information content (AvgIpc) is 3.08. The number of aromatic nitrogens is 3. The van der Waals surface area contributed by atoms with Crippen LogP contribution < -0.4 is 4.90 Å². The van der Waals surface area contributed by atoms with Crippen LogP contribution in [0.3, 0.4) is 0 Å². The highest BCUT2D eigenvalue weighted by molar-refractivity contribution is 7.99. The minimum atomic E-state index is -4.29. The number of fused-ring (bicyclic) bond motifs is 1. The Labute approximate surface area is 159 Å². The second-order valence-electron chi connectivity index (χ2n) is 6.88. The summed E-state index contributed by atoms with van der Waals surface area (Å²) in [7, 11) is 2.04. The predicted molar refractivity (Wildman–Crippen MR) is 101 cm³/mol. The zero-order valence-electron chi connectivity index (χ0n) is 14.7. The van der Waals surface area contributed by atoms with Gasteiger partial charge in [0.15, 0.2) is 0 Å². The molecule has 1 N–H and O–H groups in total. The van der Waals surface area contributed by atoms with Crippen LogP contribution in [0.15, 0.2) is 47.8 Å². The van der Waals surface area contributed by atoms with Gasteiger partial charge in [0.25, 0.3) is 0 Å². The van der Waals surface area contributed by atoms with Crippen molar-refractivity contribution < 1.29 is 13.2 Å². The first-order valence-electron chi connectivity index (χ1n) is 8.73. The van der Waals surface area contributed by atoms with Gasteiger partial charge in [0.05, 0.1) is 10.9 Å².